The predicted molar refractivity (Wildman–Crippen MR) is 52.2 cm³/mol. The summed E-state index contributed by atoms with van der Waals surface area (Å²) in [4.78, 5) is 10.7. The summed E-state index contributed by atoms with van der Waals surface area (Å²) in [7, 11) is 0. The van der Waals surface area contributed by atoms with Gasteiger partial charge in [-0.25, -0.2) is 0 Å². The second-order valence-corrected chi connectivity index (χ2v) is 3.21. The minimum absolute atomic E-state index is 0.0767. The summed E-state index contributed by atoms with van der Waals surface area (Å²) in [6.07, 6.45) is 1.68. The van der Waals surface area contributed by atoms with E-state index >= 15 is 0 Å². The van der Waals surface area contributed by atoms with Crippen molar-refractivity contribution in [3.8, 4) is 5.75 Å². The van der Waals surface area contributed by atoms with Gasteiger partial charge in [-0.15, -0.1) is 0 Å². The summed E-state index contributed by atoms with van der Waals surface area (Å²) in [6, 6.07) is 5.19. The number of hydrogen-bond donors (Lipinski definition) is 1. The Labute approximate surface area is 78.2 Å². The van der Waals surface area contributed by atoms with Crippen molar-refractivity contribution in [3.05, 3.63) is 29.3 Å². The number of carbonyl (C=O) groups is 1. The Bertz CT molecular complexity index is 305. The van der Waals surface area contributed by atoms with Crippen LogP contribution in [0.25, 0.3) is 0 Å². The number of aromatic hydroxyl groups is 1. The van der Waals surface area contributed by atoms with E-state index in [1.165, 1.54) is 6.07 Å². The maximum atomic E-state index is 10.7. The Morgan fingerprint density at radius 2 is 2.23 bits per heavy atom. The molecule has 2 heteroatoms. The highest BCUT2D eigenvalue weighted by molar-refractivity contribution is 5.81. The van der Waals surface area contributed by atoms with Gasteiger partial charge in [-0.1, -0.05) is 26.0 Å². The van der Waals surface area contributed by atoms with Gasteiger partial charge in [0.15, 0.2) is 6.29 Å². The van der Waals surface area contributed by atoms with Crippen LogP contribution in [0, 0.1) is 0 Å². The van der Waals surface area contributed by atoms with Gasteiger partial charge in [0.1, 0.15) is 5.75 Å². The lowest BCUT2D eigenvalue weighted by atomic mass is 9.94. The number of phenols is 1. The first-order valence-electron chi connectivity index (χ1n) is 4.47. The molecule has 0 aromatic heterocycles. The molecule has 0 saturated heterocycles. The lowest BCUT2D eigenvalue weighted by Crippen LogP contribution is -1.97. The molecule has 1 aromatic carbocycles. The molecule has 1 unspecified atom stereocenters. The highest BCUT2D eigenvalue weighted by atomic mass is 16.3. The average Bonchev–Trinajstić information content (AvgIpc) is 2.16. The van der Waals surface area contributed by atoms with Crippen LogP contribution >= 0.6 is 0 Å². The van der Waals surface area contributed by atoms with Crippen LogP contribution in [-0.2, 0) is 0 Å². The number of aldehydes is 1. The molecule has 0 heterocycles. The zero-order chi connectivity index (χ0) is 9.84. The van der Waals surface area contributed by atoms with Crippen molar-refractivity contribution >= 4 is 6.29 Å². The second-order valence-electron chi connectivity index (χ2n) is 3.21. The third-order valence-corrected chi connectivity index (χ3v) is 2.38. The van der Waals surface area contributed by atoms with Gasteiger partial charge in [0.05, 0.1) is 5.56 Å². The van der Waals surface area contributed by atoms with Gasteiger partial charge >= 0.3 is 0 Å². The van der Waals surface area contributed by atoms with E-state index in [1.807, 2.05) is 13.0 Å². The van der Waals surface area contributed by atoms with Gasteiger partial charge in [0, 0.05) is 0 Å². The summed E-state index contributed by atoms with van der Waals surface area (Å²) in [5.41, 5.74) is 1.36. The molecular formula is C11H14O2. The van der Waals surface area contributed by atoms with Crippen molar-refractivity contribution in [3.63, 3.8) is 0 Å². The monoisotopic (exact) mass is 178 g/mol. The first-order chi connectivity index (χ1) is 6.20. The number of benzene rings is 1. The van der Waals surface area contributed by atoms with E-state index in [0.717, 1.165) is 18.3 Å². The van der Waals surface area contributed by atoms with E-state index in [-0.39, 0.29) is 5.75 Å². The minimum atomic E-state index is 0.0767. The minimum Gasteiger partial charge on any atom is -0.507 e. The van der Waals surface area contributed by atoms with Crippen LogP contribution < -0.4 is 0 Å². The van der Waals surface area contributed by atoms with Crippen molar-refractivity contribution in [1.29, 1.82) is 0 Å². The smallest absolute Gasteiger partial charge is 0.154 e. The molecule has 0 aliphatic rings. The lowest BCUT2D eigenvalue weighted by molar-refractivity contribution is 0.111. The molecule has 70 valence electrons. The maximum Gasteiger partial charge on any atom is 0.154 e. The molecule has 0 amide bonds. The summed E-state index contributed by atoms with van der Waals surface area (Å²) >= 11 is 0. The largest absolute Gasteiger partial charge is 0.507 e. The third kappa shape index (κ3) is 1.89. The molecule has 1 aromatic rings. The lowest BCUT2D eigenvalue weighted by Gasteiger charge is -2.11. The Balaban J connectivity index is 3.19. The molecule has 0 aliphatic carbocycles. The quantitative estimate of drug-likeness (QED) is 0.722. The first-order valence-corrected chi connectivity index (χ1v) is 4.47. The van der Waals surface area contributed by atoms with Gasteiger partial charge in [-0.3, -0.25) is 4.79 Å². The van der Waals surface area contributed by atoms with Crippen LogP contribution in [0.2, 0.25) is 0 Å². The van der Waals surface area contributed by atoms with Crippen LogP contribution in [0.5, 0.6) is 5.75 Å². The van der Waals surface area contributed by atoms with Gasteiger partial charge in [-0.2, -0.15) is 0 Å². The fourth-order valence-electron chi connectivity index (χ4n) is 1.35. The van der Waals surface area contributed by atoms with Crippen molar-refractivity contribution in [2.24, 2.45) is 0 Å². The number of carbonyl (C=O) groups excluding carboxylic acids is 1. The maximum absolute atomic E-state index is 10.7. The van der Waals surface area contributed by atoms with E-state index in [2.05, 4.69) is 6.92 Å². The normalized spacial score (nSPS) is 12.5. The second kappa shape index (κ2) is 4.08. The Morgan fingerprint density at radius 3 is 2.77 bits per heavy atom. The SMILES string of the molecule is CCC(C)c1cccc(O)c1C=O. The summed E-state index contributed by atoms with van der Waals surface area (Å²) in [5, 5.41) is 9.40. The van der Waals surface area contributed by atoms with Gasteiger partial charge in [-0.05, 0) is 24.0 Å². The molecule has 0 bridgehead atoms. The summed E-state index contributed by atoms with van der Waals surface area (Å²) in [6.45, 7) is 4.10. The molecule has 0 radical (unpaired) electrons. The van der Waals surface area contributed by atoms with Crippen LogP contribution in [0.1, 0.15) is 42.1 Å². The van der Waals surface area contributed by atoms with E-state index in [1.54, 1.807) is 6.07 Å². The van der Waals surface area contributed by atoms with Crippen molar-refractivity contribution in [1.82, 2.24) is 0 Å². The van der Waals surface area contributed by atoms with Crippen molar-refractivity contribution in [2.75, 3.05) is 0 Å². The van der Waals surface area contributed by atoms with Gasteiger partial charge < -0.3 is 5.11 Å². The Hall–Kier alpha value is -1.31. The van der Waals surface area contributed by atoms with Gasteiger partial charge in [0.25, 0.3) is 0 Å². The van der Waals surface area contributed by atoms with E-state index < -0.39 is 0 Å². The molecule has 1 atom stereocenters. The summed E-state index contributed by atoms with van der Waals surface area (Å²) in [5.74, 6) is 0.389. The van der Waals surface area contributed by atoms with Crippen LogP contribution in [-0.4, -0.2) is 11.4 Å². The Kier molecular flexibility index (Phi) is 3.07. The molecule has 0 fully saturated rings. The van der Waals surface area contributed by atoms with E-state index in [0.29, 0.717) is 11.5 Å². The van der Waals surface area contributed by atoms with E-state index in [9.17, 15) is 9.90 Å². The average molecular weight is 178 g/mol. The highest BCUT2D eigenvalue weighted by Crippen LogP contribution is 2.27. The molecule has 0 aliphatic heterocycles. The van der Waals surface area contributed by atoms with E-state index in [4.69, 9.17) is 0 Å². The zero-order valence-corrected chi connectivity index (χ0v) is 7.95. The van der Waals surface area contributed by atoms with Crippen LogP contribution in [0.3, 0.4) is 0 Å². The molecule has 2 nitrogen and oxygen atoms in total. The Morgan fingerprint density at radius 1 is 1.54 bits per heavy atom. The number of phenolic OH excluding ortho intramolecular Hbond substituents is 1. The molecular weight excluding hydrogens is 164 g/mol. The highest BCUT2D eigenvalue weighted by Gasteiger charge is 2.11. The number of rotatable bonds is 3. The molecule has 1 rings (SSSR count). The fraction of sp³-hybridized carbons (Fsp3) is 0.364. The molecule has 0 saturated carbocycles. The standard InChI is InChI=1S/C11H14O2/c1-3-8(2)9-5-4-6-11(13)10(9)7-12/h4-8,13H,3H2,1-2H3. The molecule has 13 heavy (non-hydrogen) atoms. The van der Waals surface area contributed by atoms with Gasteiger partial charge in [0.2, 0.25) is 0 Å². The predicted octanol–water partition coefficient (Wildman–Crippen LogP) is 2.72. The van der Waals surface area contributed by atoms with Crippen molar-refractivity contribution < 1.29 is 9.90 Å². The topological polar surface area (TPSA) is 37.3 Å². The van der Waals surface area contributed by atoms with Crippen LogP contribution in [0.15, 0.2) is 18.2 Å². The molecule has 1 N–H and O–H groups in total. The fourth-order valence-corrected chi connectivity index (χ4v) is 1.35. The summed E-state index contributed by atoms with van der Waals surface area (Å²) < 4.78 is 0. The van der Waals surface area contributed by atoms with Crippen LogP contribution in [0.4, 0.5) is 0 Å². The number of hydrogen-bond acceptors (Lipinski definition) is 2. The first kappa shape index (κ1) is 9.78. The zero-order valence-electron chi connectivity index (χ0n) is 7.95. The molecule has 0 spiro atoms. The van der Waals surface area contributed by atoms with Crippen molar-refractivity contribution in [2.45, 2.75) is 26.2 Å². The third-order valence-electron chi connectivity index (χ3n) is 2.38.